The molecule has 5 nitrogen and oxygen atoms in total. The number of alkyl halides is 1. The van der Waals surface area contributed by atoms with Crippen LogP contribution >= 0.6 is 0 Å². The Balaban J connectivity index is 2.58. The van der Waals surface area contributed by atoms with Crippen molar-refractivity contribution in [2.24, 2.45) is 5.73 Å². The Morgan fingerprint density at radius 1 is 1.15 bits per heavy atom. The summed E-state index contributed by atoms with van der Waals surface area (Å²) in [5.41, 5.74) is 5.99. The van der Waals surface area contributed by atoms with Gasteiger partial charge in [0, 0.05) is 36.5 Å². The highest BCUT2D eigenvalue weighted by atomic mass is 19.1. The average Bonchev–Trinajstić information content (AvgIpc) is 2.61. The Morgan fingerprint density at radius 2 is 1.81 bits per heavy atom. The molecule has 142 valence electrons. The number of halogens is 3. The lowest BCUT2D eigenvalue weighted by Crippen LogP contribution is -2.29. The molecule has 2 aromatic rings. The summed E-state index contributed by atoms with van der Waals surface area (Å²) in [6, 6.07) is 3.60. The van der Waals surface area contributed by atoms with E-state index in [9.17, 15) is 18.0 Å². The first kappa shape index (κ1) is 20.0. The van der Waals surface area contributed by atoms with Gasteiger partial charge < -0.3 is 20.4 Å². The van der Waals surface area contributed by atoms with Crippen LogP contribution in [0.3, 0.4) is 0 Å². The smallest absolute Gasteiger partial charge is 0.228 e. The highest BCUT2D eigenvalue weighted by molar-refractivity contribution is 5.37. The molecule has 26 heavy (non-hydrogen) atoms. The first-order chi connectivity index (χ1) is 12.4. The van der Waals surface area contributed by atoms with Crippen LogP contribution in [-0.2, 0) is 13.1 Å². The summed E-state index contributed by atoms with van der Waals surface area (Å²) in [7, 11) is 0. The van der Waals surface area contributed by atoms with Gasteiger partial charge in [0.05, 0.1) is 12.2 Å². The van der Waals surface area contributed by atoms with E-state index in [1.807, 2.05) is 0 Å². The van der Waals surface area contributed by atoms with E-state index in [4.69, 9.17) is 10.5 Å². The summed E-state index contributed by atoms with van der Waals surface area (Å²) in [5, 5.41) is 3.00. The standard InChI is InChI=1S/C18H22F3N3O2/c1-11-13(8-23-7-6-22)17(25)18(26-10-19)12(2)24(11)9-14-15(20)4-3-5-16(14)21/h3-5,23H,6-10,22H2,1-2H3. The van der Waals surface area contributed by atoms with Crippen molar-refractivity contribution in [3.8, 4) is 5.75 Å². The molecule has 0 aliphatic rings. The fraction of sp³-hybridized carbons (Fsp3) is 0.389. The molecule has 0 aliphatic heterocycles. The third kappa shape index (κ3) is 4.08. The molecule has 0 fully saturated rings. The normalized spacial score (nSPS) is 11.0. The monoisotopic (exact) mass is 369 g/mol. The Kier molecular flexibility index (Phi) is 6.82. The lowest BCUT2D eigenvalue weighted by Gasteiger charge is -2.21. The minimum Gasteiger partial charge on any atom is -0.457 e. The first-order valence-electron chi connectivity index (χ1n) is 8.17. The number of nitrogens with one attached hydrogen (secondary N) is 1. The van der Waals surface area contributed by atoms with E-state index in [2.05, 4.69) is 5.32 Å². The van der Waals surface area contributed by atoms with Crippen LogP contribution in [0.2, 0.25) is 0 Å². The summed E-state index contributed by atoms with van der Waals surface area (Å²) in [6.45, 7) is 2.94. The summed E-state index contributed by atoms with van der Waals surface area (Å²) in [4.78, 5) is 12.6. The predicted octanol–water partition coefficient (Wildman–Crippen LogP) is 2.15. The van der Waals surface area contributed by atoms with E-state index < -0.39 is 23.9 Å². The van der Waals surface area contributed by atoms with E-state index in [0.29, 0.717) is 30.0 Å². The number of nitrogens with zero attached hydrogens (tertiary/aromatic N) is 1. The second kappa shape index (κ2) is 8.86. The molecule has 1 aromatic carbocycles. The van der Waals surface area contributed by atoms with Gasteiger partial charge in [0.25, 0.3) is 0 Å². The maximum Gasteiger partial charge on any atom is 0.228 e. The Hall–Kier alpha value is -2.32. The van der Waals surface area contributed by atoms with E-state index >= 15 is 0 Å². The van der Waals surface area contributed by atoms with Crippen molar-refractivity contribution < 1.29 is 17.9 Å². The summed E-state index contributed by atoms with van der Waals surface area (Å²) >= 11 is 0. The molecule has 1 aromatic heterocycles. The average molecular weight is 369 g/mol. The maximum atomic E-state index is 14.0. The zero-order chi connectivity index (χ0) is 19.3. The fourth-order valence-corrected chi connectivity index (χ4v) is 2.83. The number of nitrogens with two attached hydrogens (primary N) is 1. The van der Waals surface area contributed by atoms with Gasteiger partial charge in [0.2, 0.25) is 12.3 Å². The van der Waals surface area contributed by atoms with Gasteiger partial charge in [-0.25, -0.2) is 13.2 Å². The lowest BCUT2D eigenvalue weighted by molar-refractivity contribution is 0.187. The Bertz CT molecular complexity index is 817. The van der Waals surface area contributed by atoms with Gasteiger partial charge in [0.15, 0.2) is 5.75 Å². The van der Waals surface area contributed by atoms with E-state index in [-0.39, 0.29) is 24.4 Å². The molecule has 3 N–H and O–H groups in total. The molecule has 8 heteroatoms. The molecule has 0 radical (unpaired) electrons. The number of benzene rings is 1. The van der Waals surface area contributed by atoms with Crippen molar-refractivity contribution in [3.05, 3.63) is 62.6 Å². The van der Waals surface area contributed by atoms with Crippen molar-refractivity contribution in [2.75, 3.05) is 20.0 Å². The maximum absolute atomic E-state index is 14.0. The van der Waals surface area contributed by atoms with E-state index in [0.717, 1.165) is 12.1 Å². The van der Waals surface area contributed by atoms with Crippen LogP contribution in [-0.4, -0.2) is 24.5 Å². The topological polar surface area (TPSA) is 69.3 Å². The number of aromatic nitrogens is 1. The molecule has 0 saturated carbocycles. The number of hydrogen-bond acceptors (Lipinski definition) is 4. The molecule has 0 amide bonds. The highest BCUT2D eigenvalue weighted by Crippen LogP contribution is 2.22. The molecule has 2 rings (SSSR count). The summed E-state index contributed by atoms with van der Waals surface area (Å²) < 4.78 is 47.2. The number of ether oxygens (including phenoxy) is 1. The van der Waals surface area contributed by atoms with E-state index in [1.165, 1.54) is 6.07 Å². The quantitative estimate of drug-likeness (QED) is 0.700. The summed E-state index contributed by atoms with van der Waals surface area (Å²) in [5.74, 6) is -1.56. The zero-order valence-corrected chi connectivity index (χ0v) is 14.7. The van der Waals surface area contributed by atoms with Gasteiger partial charge in [-0.3, -0.25) is 4.79 Å². The number of hydrogen-bond donors (Lipinski definition) is 2. The fourth-order valence-electron chi connectivity index (χ4n) is 2.83. The Labute approximate surface area is 149 Å². The largest absolute Gasteiger partial charge is 0.457 e. The van der Waals surface area contributed by atoms with Gasteiger partial charge >= 0.3 is 0 Å². The molecule has 1 heterocycles. The minimum atomic E-state index is -1.18. The molecule has 0 atom stereocenters. The van der Waals surface area contributed by atoms with E-state index in [1.54, 1.807) is 18.4 Å². The Morgan fingerprint density at radius 3 is 2.38 bits per heavy atom. The van der Waals surface area contributed by atoms with Crippen molar-refractivity contribution in [1.82, 2.24) is 9.88 Å². The van der Waals surface area contributed by atoms with Gasteiger partial charge in [-0.05, 0) is 26.0 Å². The van der Waals surface area contributed by atoms with Crippen molar-refractivity contribution >= 4 is 0 Å². The van der Waals surface area contributed by atoms with Gasteiger partial charge in [-0.1, -0.05) is 6.07 Å². The molecule has 0 unspecified atom stereocenters. The third-order valence-corrected chi connectivity index (χ3v) is 4.26. The van der Waals surface area contributed by atoms with Gasteiger partial charge in [-0.2, -0.15) is 0 Å². The van der Waals surface area contributed by atoms with Gasteiger partial charge in [-0.15, -0.1) is 0 Å². The van der Waals surface area contributed by atoms with Crippen LogP contribution in [0.25, 0.3) is 0 Å². The lowest BCUT2D eigenvalue weighted by atomic mass is 10.1. The van der Waals surface area contributed by atoms with Crippen molar-refractivity contribution in [3.63, 3.8) is 0 Å². The molecular weight excluding hydrogens is 347 g/mol. The van der Waals surface area contributed by atoms with Crippen LogP contribution in [0.5, 0.6) is 5.75 Å². The predicted molar refractivity (Wildman–Crippen MR) is 93.0 cm³/mol. The SMILES string of the molecule is Cc1c(CNCCN)c(=O)c(OCF)c(C)n1Cc1c(F)cccc1F. The zero-order valence-electron chi connectivity index (χ0n) is 14.7. The van der Waals surface area contributed by atoms with Crippen LogP contribution < -0.4 is 21.2 Å². The van der Waals surface area contributed by atoms with Crippen LogP contribution in [0.15, 0.2) is 23.0 Å². The second-order valence-electron chi connectivity index (χ2n) is 5.81. The van der Waals surface area contributed by atoms with Crippen LogP contribution in [0.1, 0.15) is 22.5 Å². The third-order valence-electron chi connectivity index (χ3n) is 4.26. The minimum absolute atomic E-state index is 0.144. The highest BCUT2D eigenvalue weighted by Gasteiger charge is 2.20. The molecule has 0 spiro atoms. The number of pyridine rings is 1. The molecular formula is C18H22F3N3O2. The van der Waals surface area contributed by atoms with Crippen molar-refractivity contribution in [1.29, 1.82) is 0 Å². The molecule has 0 aliphatic carbocycles. The second-order valence-corrected chi connectivity index (χ2v) is 5.81. The van der Waals surface area contributed by atoms with Crippen LogP contribution in [0.4, 0.5) is 13.2 Å². The number of rotatable bonds is 8. The van der Waals surface area contributed by atoms with Crippen molar-refractivity contribution in [2.45, 2.75) is 26.9 Å². The van der Waals surface area contributed by atoms with Crippen LogP contribution in [0, 0.1) is 25.5 Å². The van der Waals surface area contributed by atoms with Gasteiger partial charge in [0.1, 0.15) is 11.6 Å². The molecule has 0 bridgehead atoms. The summed E-state index contributed by atoms with van der Waals surface area (Å²) in [6.07, 6.45) is 0. The first-order valence-corrected chi connectivity index (χ1v) is 8.17. The molecule has 0 saturated heterocycles.